The smallest absolute Gasteiger partial charge is 0.247 e. The summed E-state index contributed by atoms with van der Waals surface area (Å²) in [6.07, 6.45) is 2.91. The third kappa shape index (κ3) is 4.40. The maximum atomic E-state index is 11.4. The van der Waals surface area contributed by atoms with Gasteiger partial charge in [-0.05, 0) is 79.0 Å². The molecule has 9 heteroatoms. The largest absolute Gasteiger partial charge is 0.356 e. The molecule has 8 nitrogen and oxygen atoms in total. The number of nitrogens with zero attached hydrogens (tertiary/aromatic N) is 4. The molecule has 1 amide bonds. The Bertz CT molecular complexity index is 1310. The minimum atomic E-state index is -0.240. The molecule has 2 heterocycles. The van der Waals surface area contributed by atoms with Crippen molar-refractivity contribution < 1.29 is 4.79 Å². The highest BCUT2D eigenvalue weighted by molar-refractivity contribution is 6.28. The van der Waals surface area contributed by atoms with E-state index in [2.05, 4.69) is 49.7 Å². The van der Waals surface area contributed by atoms with Gasteiger partial charge in [0.25, 0.3) is 0 Å². The summed E-state index contributed by atoms with van der Waals surface area (Å²) in [6.45, 7) is 7.52. The van der Waals surface area contributed by atoms with Crippen LogP contribution in [0.3, 0.4) is 0 Å². The van der Waals surface area contributed by atoms with Gasteiger partial charge in [0.1, 0.15) is 0 Å². The monoisotopic (exact) mass is 447 g/mol. The van der Waals surface area contributed by atoms with E-state index in [1.165, 1.54) is 6.08 Å². The van der Waals surface area contributed by atoms with Crippen LogP contribution >= 0.6 is 11.6 Å². The number of nitrogens with one attached hydrogen (secondary N) is 3. The fourth-order valence-corrected chi connectivity index (χ4v) is 3.59. The summed E-state index contributed by atoms with van der Waals surface area (Å²) in [6, 6.07) is 11.6. The maximum Gasteiger partial charge on any atom is 0.247 e. The third-order valence-electron chi connectivity index (χ3n) is 4.95. The lowest BCUT2D eigenvalue weighted by Gasteiger charge is -2.15. The molecule has 0 atom stereocenters. The molecular formula is C23H22ClN7O. The topological polar surface area (TPSA) is 96.8 Å². The Kier molecular flexibility index (Phi) is 5.79. The predicted octanol–water partition coefficient (Wildman–Crippen LogP) is 5.25. The van der Waals surface area contributed by atoms with Crippen molar-refractivity contribution in [1.82, 2.24) is 19.7 Å². The van der Waals surface area contributed by atoms with Crippen LogP contribution < -0.4 is 16.0 Å². The summed E-state index contributed by atoms with van der Waals surface area (Å²) < 4.78 is 1.67. The van der Waals surface area contributed by atoms with E-state index in [0.29, 0.717) is 17.2 Å². The van der Waals surface area contributed by atoms with Gasteiger partial charge in [-0.1, -0.05) is 6.58 Å². The molecule has 0 aliphatic rings. The van der Waals surface area contributed by atoms with Gasteiger partial charge in [-0.2, -0.15) is 10.1 Å². The SMILES string of the molecule is C=CC(=O)Nc1ccc(Nc2cc(C)c(Nc3nn(C)c4nc(Cl)ncc34)c(C)c2)cc1. The average Bonchev–Trinajstić information content (AvgIpc) is 3.06. The molecule has 0 fully saturated rings. The molecule has 0 spiro atoms. The van der Waals surface area contributed by atoms with Crippen LogP contribution in [-0.2, 0) is 11.8 Å². The molecule has 0 aliphatic heterocycles. The number of halogens is 1. The number of benzene rings is 2. The van der Waals surface area contributed by atoms with Crippen LogP contribution in [0.1, 0.15) is 11.1 Å². The number of carbonyl (C=O) groups is 1. The molecule has 0 saturated carbocycles. The van der Waals surface area contributed by atoms with Crippen molar-refractivity contribution in [2.45, 2.75) is 13.8 Å². The van der Waals surface area contributed by atoms with Crippen molar-refractivity contribution in [3.63, 3.8) is 0 Å². The van der Waals surface area contributed by atoms with Crippen molar-refractivity contribution in [3.05, 3.63) is 71.7 Å². The molecule has 2 aromatic heterocycles. The van der Waals surface area contributed by atoms with E-state index in [4.69, 9.17) is 11.6 Å². The van der Waals surface area contributed by atoms with Crippen molar-refractivity contribution in [2.24, 2.45) is 7.05 Å². The van der Waals surface area contributed by atoms with Crippen LogP contribution in [0.25, 0.3) is 11.0 Å². The van der Waals surface area contributed by atoms with Gasteiger partial charge in [-0.25, -0.2) is 9.67 Å². The van der Waals surface area contributed by atoms with E-state index in [-0.39, 0.29) is 11.2 Å². The first kappa shape index (κ1) is 21.3. The Morgan fingerprint density at radius 3 is 2.38 bits per heavy atom. The highest BCUT2D eigenvalue weighted by Crippen LogP contribution is 2.31. The van der Waals surface area contributed by atoms with Gasteiger partial charge in [0.05, 0.1) is 5.39 Å². The summed E-state index contributed by atoms with van der Waals surface area (Å²) in [4.78, 5) is 19.7. The zero-order chi connectivity index (χ0) is 22.8. The second kappa shape index (κ2) is 8.68. The summed E-state index contributed by atoms with van der Waals surface area (Å²) >= 11 is 5.92. The molecule has 4 rings (SSSR count). The quantitative estimate of drug-likeness (QED) is 0.276. The van der Waals surface area contributed by atoms with E-state index in [9.17, 15) is 4.79 Å². The Labute approximate surface area is 190 Å². The van der Waals surface area contributed by atoms with Crippen molar-refractivity contribution in [1.29, 1.82) is 0 Å². The Balaban J connectivity index is 1.55. The zero-order valence-corrected chi connectivity index (χ0v) is 18.7. The number of anilines is 5. The lowest BCUT2D eigenvalue weighted by Crippen LogP contribution is -2.06. The summed E-state index contributed by atoms with van der Waals surface area (Å²) in [5, 5.41) is 15.0. The summed E-state index contributed by atoms with van der Waals surface area (Å²) in [5.41, 5.74) is 6.30. The van der Waals surface area contributed by atoms with Gasteiger partial charge in [0.15, 0.2) is 11.5 Å². The molecule has 4 aromatic rings. The van der Waals surface area contributed by atoms with Crippen LogP contribution in [0.5, 0.6) is 0 Å². The number of hydrogen-bond donors (Lipinski definition) is 3. The number of rotatable bonds is 6. The van der Waals surface area contributed by atoms with Crippen molar-refractivity contribution >= 4 is 57.1 Å². The van der Waals surface area contributed by atoms with Gasteiger partial charge in [0, 0.05) is 36.0 Å². The molecule has 162 valence electrons. The van der Waals surface area contributed by atoms with E-state index >= 15 is 0 Å². The first-order chi connectivity index (χ1) is 15.3. The van der Waals surface area contributed by atoms with Crippen molar-refractivity contribution in [2.75, 3.05) is 16.0 Å². The van der Waals surface area contributed by atoms with Crippen LogP contribution in [-0.4, -0.2) is 25.7 Å². The van der Waals surface area contributed by atoms with E-state index < -0.39 is 0 Å². The average molecular weight is 448 g/mol. The fourth-order valence-electron chi connectivity index (χ4n) is 3.46. The molecule has 0 saturated heterocycles. The number of aryl methyl sites for hydroxylation is 3. The first-order valence-electron chi connectivity index (χ1n) is 9.88. The first-order valence-corrected chi connectivity index (χ1v) is 10.3. The van der Waals surface area contributed by atoms with Crippen LogP contribution in [0.2, 0.25) is 5.28 Å². The minimum Gasteiger partial charge on any atom is -0.356 e. The van der Waals surface area contributed by atoms with E-state index in [0.717, 1.165) is 33.6 Å². The van der Waals surface area contributed by atoms with Gasteiger partial charge < -0.3 is 16.0 Å². The minimum absolute atomic E-state index is 0.186. The number of hydrogen-bond acceptors (Lipinski definition) is 6. The van der Waals surface area contributed by atoms with Crippen LogP contribution in [0.4, 0.5) is 28.6 Å². The third-order valence-corrected chi connectivity index (χ3v) is 5.14. The molecular weight excluding hydrogens is 426 g/mol. The summed E-state index contributed by atoms with van der Waals surface area (Å²) in [5.74, 6) is 0.429. The van der Waals surface area contributed by atoms with Gasteiger partial charge in [-0.3, -0.25) is 4.79 Å². The predicted molar refractivity (Wildman–Crippen MR) is 129 cm³/mol. The molecule has 32 heavy (non-hydrogen) atoms. The molecule has 0 unspecified atom stereocenters. The van der Waals surface area contributed by atoms with Gasteiger partial charge >= 0.3 is 0 Å². The molecule has 3 N–H and O–H groups in total. The normalized spacial score (nSPS) is 10.8. The summed E-state index contributed by atoms with van der Waals surface area (Å²) in [7, 11) is 1.82. The number of fused-ring (bicyclic) bond motifs is 1. The molecule has 2 aromatic carbocycles. The Morgan fingerprint density at radius 1 is 1.06 bits per heavy atom. The molecule has 0 aliphatic carbocycles. The number of aromatic nitrogens is 4. The molecule has 0 radical (unpaired) electrons. The second-order valence-corrected chi connectivity index (χ2v) is 7.69. The van der Waals surface area contributed by atoms with E-state index in [1.807, 2.05) is 45.2 Å². The number of carbonyl (C=O) groups excluding carboxylic acids is 1. The highest BCUT2D eigenvalue weighted by atomic mass is 35.5. The van der Waals surface area contributed by atoms with E-state index in [1.54, 1.807) is 10.9 Å². The second-order valence-electron chi connectivity index (χ2n) is 7.35. The van der Waals surface area contributed by atoms with Gasteiger partial charge in [-0.15, -0.1) is 0 Å². The van der Waals surface area contributed by atoms with Gasteiger partial charge in [0.2, 0.25) is 11.2 Å². The highest BCUT2D eigenvalue weighted by Gasteiger charge is 2.14. The lowest BCUT2D eigenvalue weighted by atomic mass is 10.1. The fraction of sp³-hybridized carbons (Fsp3) is 0.130. The van der Waals surface area contributed by atoms with Crippen LogP contribution in [0.15, 0.2) is 55.3 Å². The van der Waals surface area contributed by atoms with Crippen molar-refractivity contribution in [3.8, 4) is 0 Å². The number of amides is 1. The Morgan fingerprint density at radius 2 is 1.72 bits per heavy atom. The molecule has 0 bridgehead atoms. The maximum absolute atomic E-state index is 11.4. The Hall–Kier alpha value is -3.91. The lowest BCUT2D eigenvalue weighted by molar-refractivity contribution is -0.111. The standard InChI is InChI=1S/C23H22ClN7O/c1-5-19(32)27-16-8-6-15(7-9-16)26-17-10-13(2)20(14(3)11-17)28-21-18-12-25-23(24)29-22(18)31(4)30-21/h5-12,26H,1H2,2-4H3,(H,27,32)(H,28,30). The zero-order valence-electron chi connectivity index (χ0n) is 17.9. The van der Waals surface area contributed by atoms with Crippen LogP contribution in [0, 0.1) is 13.8 Å².